The van der Waals surface area contributed by atoms with Gasteiger partial charge in [-0.05, 0) is 50.9 Å². The number of carbonyl (C=O) groups is 1. The molecule has 2 aliphatic carbocycles. The number of morpholine rings is 1. The third kappa shape index (κ3) is 2.61. The topological polar surface area (TPSA) is 41.6 Å². The molecular weight excluding hydrogens is 264 g/mol. The molecule has 1 N–H and O–H groups in total. The van der Waals surface area contributed by atoms with Gasteiger partial charge in [-0.3, -0.25) is 4.79 Å². The standard InChI is InChI=1S/C17H28N2O2/c20-17(19-10-11-21-16-7-3-6-15(16)19)14-9-8-12-4-1-2-5-13(12)18-14/h12-16,18H,1-11H2. The van der Waals surface area contributed by atoms with E-state index in [1.807, 2.05) is 0 Å². The van der Waals surface area contributed by atoms with Crippen molar-refractivity contribution in [3.05, 3.63) is 0 Å². The molecule has 0 spiro atoms. The number of carbonyl (C=O) groups excluding carboxylic acids is 1. The van der Waals surface area contributed by atoms with E-state index in [-0.39, 0.29) is 6.04 Å². The van der Waals surface area contributed by atoms with Gasteiger partial charge in [-0.15, -0.1) is 0 Å². The number of amides is 1. The van der Waals surface area contributed by atoms with Gasteiger partial charge in [-0.1, -0.05) is 12.8 Å². The summed E-state index contributed by atoms with van der Waals surface area (Å²) in [4.78, 5) is 15.1. The molecule has 0 aromatic heterocycles. The Morgan fingerprint density at radius 3 is 2.86 bits per heavy atom. The van der Waals surface area contributed by atoms with Gasteiger partial charge in [-0.25, -0.2) is 0 Å². The lowest BCUT2D eigenvalue weighted by Crippen LogP contribution is -2.60. The van der Waals surface area contributed by atoms with Crippen LogP contribution in [0.2, 0.25) is 0 Å². The summed E-state index contributed by atoms with van der Waals surface area (Å²) in [6.45, 7) is 1.53. The summed E-state index contributed by atoms with van der Waals surface area (Å²) in [5, 5.41) is 3.70. The van der Waals surface area contributed by atoms with Crippen LogP contribution in [-0.4, -0.2) is 48.2 Å². The summed E-state index contributed by atoms with van der Waals surface area (Å²) >= 11 is 0. The van der Waals surface area contributed by atoms with Crippen molar-refractivity contribution in [3.63, 3.8) is 0 Å². The number of fused-ring (bicyclic) bond motifs is 2. The Morgan fingerprint density at radius 2 is 1.90 bits per heavy atom. The second-order valence-electron chi connectivity index (χ2n) is 7.39. The molecule has 0 bridgehead atoms. The van der Waals surface area contributed by atoms with Crippen LogP contribution in [0.3, 0.4) is 0 Å². The van der Waals surface area contributed by atoms with Gasteiger partial charge in [0.2, 0.25) is 5.91 Å². The summed E-state index contributed by atoms with van der Waals surface area (Å²) in [6, 6.07) is 1.03. The van der Waals surface area contributed by atoms with Crippen LogP contribution in [0.25, 0.3) is 0 Å². The van der Waals surface area contributed by atoms with Crippen molar-refractivity contribution in [2.24, 2.45) is 5.92 Å². The molecule has 21 heavy (non-hydrogen) atoms. The minimum atomic E-state index is 0.0729. The average Bonchev–Trinajstić information content (AvgIpc) is 3.02. The lowest BCUT2D eigenvalue weighted by Gasteiger charge is -2.44. The maximum absolute atomic E-state index is 13.0. The van der Waals surface area contributed by atoms with Gasteiger partial charge in [0.1, 0.15) is 0 Å². The minimum absolute atomic E-state index is 0.0729. The highest BCUT2D eigenvalue weighted by Gasteiger charge is 2.42. The van der Waals surface area contributed by atoms with Crippen LogP contribution in [0, 0.1) is 5.92 Å². The Morgan fingerprint density at radius 1 is 1.00 bits per heavy atom. The van der Waals surface area contributed by atoms with E-state index < -0.39 is 0 Å². The Hall–Kier alpha value is -0.610. The van der Waals surface area contributed by atoms with Crippen LogP contribution >= 0.6 is 0 Å². The molecule has 5 unspecified atom stereocenters. The molecule has 2 saturated carbocycles. The minimum Gasteiger partial charge on any atom is -0.374 e. The van der Waals surface area contributed by atoms with Crippen LogP contribution in [0.15, 0.2) is 0 Å². The molecule has 1 amide bonds. The fourth-order valence-electron chi connectivity index (χ4n) is 5.09. The lowest BCUT2D eigenvalue weighted by atomic mass is 9.77. The number of ether oxygens (including phenoxy) is 1. The van der Waals surface area contributed by atoms with Gasteiger partial charge in [0.05, 0.1) is 24.8 Å². The lowest BCUT2D eigenvalue weighted by molar-refractivity contribution is -0.147. The van der Waals surface area contributed by atoms with Crippen molar-refractivity contribution >= 4 is 5.91 Å². The largest absolute Gasteiger partial charge is 0.374 e. The van der Waals surface area contributed by atoms with Crippen LogP contribution in [0.4, 0.5) is 0 Å². The van der Waals surface area contributed by atoms with E-state index in [0.29, 0.717) is 24.1 Å². The first-order valence-electron chi connectivity index (χ1n) is 9.01. The summed E-state index contributed by atoms with van der Waals surface area (Å²) in [5.41, 5.74) is 0. The molecular formula is C17H28N2O2. The van der Waals surface area contributed by atoms with Crippen molar-refractivity contribution in [1.82, 2.24) is 10.2 Å². The number of hydrogen-bond acceptors (Lipinski definition) is 3. The molecule has 2 saturated heterocycles. The third-order valence-corrected chi connectivity index (χ3v) is 6.21. The quantitative estimate of drug-likeness (QED) is 0.804. The fourth-order valence-corrected chi connectivity index (χ4v) is 5.09. The predicted molar refractivity (Wildman–Crippen MR) is 81.0 cm³/mol. The molecule has 0 aromatic carbocycles. The smallest absolute Gasteiger partial charge is 0.240 e. The second kappa shape index (κ2) is 5.88. The first-order valence-corrected chi connectivity index (χ1v) is 9.01. The van der Waals surface area contributed by atoms with E-state index in [4.69, 9.17) is 4.74 Å². The second-order valence-corrected chi connectivity index (χ2v) is 7.39. The zero-order valence-corrected chi connectivity index (χ0v) is 12.9. The monoisotopic (exact) mass is 292 g/mol. The van der Waals surface area contributed by atoms with Crippen molar-refractivity contribution in [3.8, 4) is 0 Å². The fraction of sp³-hybridized carbons (Fsp3) is 0.941. The molecule has 4 aliphatic rings. The van der Waals surface area contributed by atoms with Gasteiger partial charge in [-0.2, -0.15) is 0 Å². The van der Waals surface area contributed by atoms with Crippen molar-refractivity contribution in [2.45, 2.75) is 82.0 Å². The predicted octanol–water partition coefficient (Wildman–Crippen LogP) is 2.08. The number of nitrogens with one attached hydrogen (secondary N) is 1. The summed E-state index contributed by atoms with van der Waals surface area (Å²) in [7, 11) is 0. The normalized spacial score (nSPS) is 43.2. The third-order valence-electron chi connectivity index (χ3n) is 6.21. The molecule has 118 valence electrons. The van der Waals surface area contributed by atoms with E-state index in [1.165, 1.54) is 38.5 Å². The molecule has 4 heteroatoms. The molecule has 4 rings (SSSR count). The van der Waals surface area contributed by atoms with Gasteiger partial charge in [0.15, 0.2) is 0 Å². The maximum atomic E-state index is 13.0. The van der Waals surface area contributed by atoms with Crippen molar-refractivity contribution in [1.29, 1.82) is 0 Å². The van der Waals surface area contributed by atoms with E-state index in [1.54, 1.807) is 0 Å². The number of piperidine rings is 1. The van der Waals surface area contributed by atoms with Crippen LogP contribution in [0.5, 0.6) is 0 Å². The molecule has 4 fully saturated rings. The molecule has 2 aliphatic heterocycles. The van der Waals surface area contributed by atoms with E-state index >= 15 is 0 Å². The Bertz CT molecular complexity index is 400. The average molecular weight is 292 g/mol. The van der Waals surface area contributed by atoms with Gasteiger partial charge < -0.3 is 15.0 Å². The Labute approximate surface area is 127 Å². The van der Waals surface area contributed by atoms with Gasteiger partial charge in [0, 0.05) is 12.6 Å². The number of rotatable bonds is 1. The zero-order chi connectivity index (χ0) is 14.2. The zero-order valence-electron chi connectivity index (χ0n) is 12.9. The highest BCUT2D eigenvalue weighted by molar-refractivity contribution is 5.82. The SMILES string of the molecule is O=C(C1CCC2CCCCC2N1)N1CCOC2CCCC21. The van der Waals surface area contributed by atoms with Crippen LogP contribution in [0.1, 0.15) is 57.8 Å². The molecule has 5 atom stereocenters. The van der Waals surface area contributed by atoms with E-state index in [2.05, 4.69) is 10.2 Å². The summed E-state index contributed by atoms with van der Waals surface area (Å²) < 4.78 is 5.84. The van der Waals surface area contributed by atoms with E-state index in [0.717, 1.165) is 38.3 Å². The molecule has 0 radical (unpaired) electrons. The van der Waals surface area contributed by atoms with E-state index in [9.17, 15) is 4.79 Å². The summed E-state index contributed by atoms with van der Waals surface area (Å²) in [5.74, 6) is 1.19. The maximum Gasteiger partial charge on any atom is 0.240 e. The molecule has 0 aromatic rings. The molecule has 2 heterocycles. The van der Waals surface area contributed by atoms with Crippen molar-refractivity contribution < 1.29 is 9.53 Å². The Balaban J connectivity index is 1.42. The summed E-state index contributed by atoms with van der Waals surface area (Å²) in [6.07, 6.45) is 11.4. The van der Waals surface area contributed by atoms with Crippen LogP contribution < -0.4 is 5.32 Å². The first kappa shape index (κ1) is 14.0. The van der Waals surface area contributed by atoms with Crippen molar-refractivity contribution in [2.75, 3.05) is 13.2 Å². The molecule has 4 nitrogen and oxygen atoms in total. The van der Waals surface area contributed by atoms with Gasteiger partial charge in [0.25, 0.3) is 0 Å². The first-order chi connectivity index (χ1) is 10.3. The number of nitrogens with zero attached hydrogens (tertiary/aromatic N) is 1. The van der Waals surface area contributed by atoms with Crippen LogP contribution in [-0.2, 0) is 9.53 Å². The number of hydrogen-bond donors (Lipinski definition) is 1. The Kier molecular flexibility index (Phi) is 3.92. The highest BCUT2D eigenvalue weighted by Crippen LogP contribution is 2.34. The highest BCUT2D eigenvalue weighted by atomic mass is 16.5. The van der Waals surface area contributed by atoms with Gasteiger partial charge >= 0.3 is 0 Å².